The number of carbonyl (C=O) groups excluding carboxylic acids is 1. The number of rotatable bonds is 3. The summed E-state index contributed by atoms with van der Waals surface area (Å²) in [6.45, 7) is 6.43. The molecule has 1 aliphatic heterocycles. The summed E-state index contributed by atoms with van der Waals surface area (Å²) in [5.41, 5.74) is 3.44. The molecule has 3 aromatic rings. The molecule has 0 spiro atoms. The maximum Gasteiger partial charge on any atom is 0.282 e. The third-order valence-corrected chi connectivity index (χ3v) is 4.72. The van der Waals surface area contributed by atoms with Crippen LogP contribution in [0, 0.1) is 13.8 Å². The van der Waals surface area contributed by atoms with Gasteiger partial charge in [0.1, 0.15) is 0 Å². The summed E-state index contributed by atoms with van der Waals surface area (Å²) in [6.07, 6.45) is 0. The van der Waals surface area contributed by atoms with Gasteiger partial charge in [0.05, 0.1) is 11.0 Å². The van der Waals surface area contributed by atoms with Crippen LogP contribution >= 0.6 is 0 Å². The number of nitrogens with zero attached hydrogens (tertiary/aromatic N) is 2. The van der Waals surface area contributed by atoms with Crippen molar-refractivity contribution in [3.05, 3.63) is 57.5 Å². The Hall–Kier alpha value is -3.35. The molecule has 2 heterocycles. The third kappa shape index (κ3) is 2.91. The molecule has 1 aromatic heterocycles. The van der Waals surface area contributed by atoms with Gasteiger partial charge in [0.25, 0.3) is 11.5 Å². The van der Waals surface area contributed by atoms with Crippen molar-refractivity contribution >= 4 is 22.6 Å². The molecule has 0 atom stereocenters. The molecule has 4 rings (SSSR count). The second-order valence-electron chi connectivity index (χ2n) is 6.46. The second kappa shape index (κ2) is 6.42. The van der Waals surface area contributed by atoms with E-state index in [2.05, 4.69) is 10.3 Å². The van der Waals surface area contributed by atoms with E-state index in [1.165, 1.54) is 0 Å². The largest absolute Gasteiger partial charge is 0.454 e. The van der Waals surface area contributed by atoms with Crippen LogP contribution in [-0.4, -0.2) is 22.3 Å². The van der Waals surface area contributed by atoms with E-state index < -0.39 is 11.5 Å². The zero-order valence-electron chi connectivity index (χ0n) is 15.3. The number of amides is 1. The first-order chi connectivity index (χ1) is 13.0. The minimum absolute atomic E-state index is 0.134. The smallest absolute Gasteiger partial charge is 0.282 e. The molecule has 7 heteroatoms. The van der Waals surface area contributed by atoms with Crippen molar-refractivity contribution in [3.63, 3.8) is 0 Å². The quantitative estimate of drug-likeness (QED) is 0.771. The fraction of sp³-hybridized carbons (Fsp3) is 0.250. The van der Waals surface area contributed by atoms with Crippen molar-refractivity contribution < 1.29 is 14.3 Å². The maximum absolute atomic E-state index is 12.8. The van der Waals surface area contributed by atoms with Crippen molar-refractivity contribution in [3.8, 4) is 11.5 Å². The number of ether oxygens (including phenoxy) is 2. The fourth-order valence-corrected chi connectivity index (χ4v) is 3.12. The van der Waals surface area contributed by atoms with Gasteiger partial charge in [-0.1, -0.05) is 0 Å². The number of fused-ring (bicyclic) bond motifs is 2. The number of benzene rings is 2. The molecule has 7 nitrogen and oxygen atoms in total. The van der Waals surface area contributed by atoms with E-state index in [9.17, 15) is 9.59 Å². The average molecular weight is 365 g/mol. The molecule has 1 amide bonds. The van der Waals surface area contributed by atoms with E-state index >= 15 is 0 Å². The molecule has 0 radical (unpaired) electrons. The topological polar surface area (TPSA) is 82.5 Å². The van der Waals surface area contributed by atoms with Gasteiger partial charge in [-0.3, -0.25) is 9.59 Å². The zero-order valence-corrected chi connectivity index (χ0v) is 15.3. The molecule has 1 N–H and O–H groups in total. The van der Waals surface area contributed by atoms with Crippen molar-refractivity contribution in [2.75, 3.05) is 12.1 Å². The fourth-order valence-electron chi connectivity index (χ4n) is 3.12. The van der Waals surface area contributed by atoms with Crippen molar-refractivity contribution in [1.29, 1.82) is 0 Å². The van der Waals surface area contributed by atoms with E-state index in [0.29, 0.717) is 29.2 Å². The number of hydrogen-bond acceptors (Lipinski definition) is 5. The van der Waals surface area contributed by atoms with Crippen LogP contribution in [0.2, 0.25) is 0 Å². The van der Waals surface area contributed by atoms with Gasteiger partial charge >= 0.3 is 0 Å². The number of aryl methyl sites for hydroxylation is 3. The minimum atomic E-state index is -0.554. The van der Waals surface area contributed by atoms with Crippen LogP contribution in [-0.2, 0) is 6.54 Å². The lowest BCUT2D eigenvalue weighted by Gasteiger charge is -2.12. The van der Waals surface area contributed by atoms with E-state index in [1.54, 1.807) is 22.8 Å². The van der Waals surface area contributed by atoms with Gasteiger partial charge in [0, 0.05) is 18.3 Å². The molecular weight excluding hydrogens is 346 g/mol. The van der Waals surface area contributed by atoms with Crippen molar-refractivity contribution in [2.24, 2.45) is 0 Å². The molecule has 0 fully saturated rings. The van der Waals surface area contributed by atoms with Crippen LogP contribution in [0.5, 0.6) is 11.5 Å². The van der Waals surface area contributed by atoms with Crippen LogP contribution in [0.4, 0.5) is 5.69 Å². The Labute approximate surface area is 155 Å². The van der Waals surface area contributed by atoms with Gasteiger partial charge in [0.2, 0.25) is 6.79 Å². The summed E-state index contributed by atoms with van der Waals surface area (Å²) >= 11 is 0. The molecule has 0 bridgehead atoms. The highest BCUT2D eigenvalue weighted by atomic mass is 16.7. The Balaban J connectivity index is 1.76. The monoisotopic (exact) mass is 365 g/mol. The average Bonchev–Trinajstić information content (AvgIpc) is 3.10. The van der Waals surface area contributed by atoms with Gasteiger partial charge in [0.15, 0.2) is 17.2 Å². The van der Waals surface area contributed by atoms with Gasteiger partial charge in [-0.05, 0) is 56.2 Å². The van der Waals surface area contributed by atoms with Crippen molar-refractivity contribution in [1.82, 2.24) is 9.55 Å². The summed E-state index contributed by atoms with van der Waals surface area (Å²) in [4.78, 5) is 29.9. The predicted octanol–water partition coefficient (Wildman–Crippen LogP) is 3.01. The molecule has 0 aliphatic carbocycles. The van der Waals surface area contributed by atoms with Crippen LogP contribution in [0.1, 0.15) is 28.5 Å². The SMILES string of the molecule is CCn1c(=O)c(C(=O)Nc2ccc3c(c2)OCO3)nc2cc(C)c(C)cc21. The first-order valence-electron chi connectivity index (χ1n) is 8.70. The lowest BCUT2D eigenvalue weighted by atomic mass is 10.1. The highest BCUT2D eigenvalue weighted by molar-refractivity contribution is 6.03. The molecule has 0 saturated heterocycles. The van der Waals surface area contributed by atoms with E-state index in [-0.39, 0.29) is 12.5 Å². The molecular formula is C20H19N3O4. The standard InChI is InChI=1S/C20H19N3O4/c1-4-23-15-8-12(3)11(2)7-14(15)22-18(20(23)25)19(24)21-13-5-6-16-17(9-13)27-10-26-16/h5-9H,4,10H2,1-3H3,(H,21,24). The summed E-state index contributed by atoms with van der Waals surface area (Å²) in [7, 11) is 0. The number of carbonyl (C=O) groups is 1. The molecule has 0 saturated carbocycles. The molecule has 138 valence electrons. The Morgan fingerprint density at radius 1 is 1.15 bits per heavy atom. The minimum Gasteiger partial charge on any atom is -0.454 e. The van der Waals surface area contributed by atoms with E-state index in [1.807, 2.05) is 32.9 Å². The van der Waals surface area contributed by atoms with Crippen LogP contribution < -0.4 is 20.3 Å². The molecule has 0 unspecified atom stereocenters. The molecule has 2 aromatic carbocycles. The number of anilines is 1. The number of hydrogen-bond donors (Lipinski definition) is 1. The Morgan fingerprint density at radius 3 is 2.67 bits per heavy atom. The highest BCUT2D eigenvalue weighted by Gasteiger charge is 2.19. The van der Waals surface area contributed by atoms with Crippen LogP contribution in [0.25, 0.3) is 11.0 Å². The number of aromatic nitrogens is 2. The summed E-state index contributed by atoms with van der Waals surface area (Å²) in [5, 5.41) is 2.72. The Bertz CT molecular complexity index is 1130. The normalized spacial score (nSPS) is 12.4. The Kier molecular flexibility index (Phi) is 4.07. The first kappa shape index (κ1) is 17.1. The molecule has 27 heavy (non-hydrogen) atoms. The number of nitrogens with one attached hydrogen (secondary N) is 1. The van der Waals surface area contributed by atoms with Gasteiger partial charge in [-0.15, -0.1) is 0 Å². The third-order valence-electron chi connectivity index (χ3n) is 4.72. The highest BCUT2D eigenvalue weighted by Crippen LogP contribution is 2.34. The van der Waals surface area contributed by atoms with E-state index in [0.717, 1.165) is 16.6 Å². The summed E-state index contributed by atoms with van der Waals surface area (Å²) in [5.74, 6) is 0.619. The van der Waals surface area contributed by atoms with Crippen LogP contribution in [0.3, 0.4) is 0 Å². The van der Waals surface area contributed by atoms with Gasteiger partial charge < -0.3 is 19.4 Å². The van der Waals surface area contributed by atoms with Crippen molar-refractivity contribution in [2.45, 2.75) is 27.3 Å². The maximum atomic E-state index is 12.8. The summed E-state index contributed by atoms with van der Waals surface area (Å²) in [6, 6.07) is 8.89. The van der Waals surface area contributed by atoms with Gasteiger partial charge in [-0.2, -0.15) is 0 Å². The lowest BCUT2D eigenvalue weighted by molar-refractivity contribution is 0.102. The zero-order chi connectivity index (χ0) is 19.1. The first-order valence-corrected chi connectivity index (χ1v) is 8.70. The predicted molar refractivity (Wildman–Crippen MR) is 102 cm³/mol. The van der Waals surface area contributed by atoms with E-state index in [4.69, 9.17) is 9.47 Å². The van der Waals surface area contributed by atoms with Crippen LogP contribution in [0.15, 0.2) is 35.1 Å². The lowest BCUT2D eigenvalue weighted by Crippen LogP contribution is -2.31. The van der Waals surface area contributed by atoms with Gasteiger partial charge in [-0.25, -0.2) is 4.98 Å². The second-order valence-corrected chi connectivity index (χ2v) is 6.46. The Morgan fingerprint density at radius 2 is 1.89 bits per heavy atom. The summed E-state index contributed by atoms with van der Waals surface area (Å²) < 4.78 is 12.1. The molecule has 1 aliphatic rings.